The van der Waals surface area contributed by atoms with Crippen LogP contribution in [-0.2, 0) is 16.0 Å². The first-order valence-electron chi connectivity index (χ1n) is 6.74. The average Bonchev–Trinajstić information content (AvgIpc) is 2.40. The van der Waals surface area contributed by atoms with Gasteiger partial charge in [-0.1, -0.05) is 6.07 Å². The Balaban J connectivity index is 1.98. The van der Waals surface area contributed by atoms with E-state index in [0.717, 1.165) is 12.0 Å². The molecule has 0 atom stereocenters. The lowest BCUT2D eigenvalue weighted by Gasteiger charge is -2.41. The normalized spacial score (nSPS) is 18.4. The minimum atomic E-state index is -0.649. The Hall–Kier alpha value is -1.71. The molecule has 1 aromatic heterocycles. The molecular weight excluding hydrogens is 240 g/mol. The van der Waals surface area contributed by atoms with E-state index in [-0.39, 0.29) is 11.7 Å². The fourth-order valence-electron chi connectivity index (χ4n) is 2.50. The number of hydrogen-bond donors (Lipinski definition) is 0. The molecule has 4 heteroatoms. The number of carbonyl (C=O) groups is 2. The molecule has 0 aliphatic carbocycles. The summed E-state index contributed by atoms with van der Waals surface area (Å²) in [4.78, 5) is 30.0. The molecule has 1 saturated heterocycles. The predicted molar refractivity (Wildman–Crippen MR) is 72.6 cm³/mol. The Morgan fingerprint density at radius 3 is 2.95 bits per heavy atom. The topological polar surface area (TPSA) is 50.3 Å². The number of ketones is 1. The van der Waals surface area contributed by atoms with Gasteiger partial charge in [-0.3, -0.25) is 14.6 Å². The van der Waals surface area contributed by atoms with E-state index in [1.807, 2.05) is 26.0 Å². The second-order valence-corrected chi connectivity index (χ2v) is 5.49. The Kier molecular flexibility index (Phi) is 3.98. The van der Waals surface area contributed by atoms with Gasteiger partial charge >= 0.3 is 0 Å². The highest BCUT2D eigenvalue weighted by atomic mass is 16.2. The maximum atomic E-state index is 12.3. The summed E-state index contributed by atoms with van der Waals surface area (Å²) in [6.07, 6.45) is 5.97. The summed E-state index contributed by atoms with van der Waals surface area (Å²) >= 11 is 0. The van der Waals surface area contributed by atoms with Crippen molar-refractivity contribution in [3.05, 3.63) is 30.1 Å². The lowest BCUT2D eigenvalue weighted by atomic mass is 9.88. The molecule has 2 rings (SSSR count). The van der Waals surface area contributed by atoms with Crippen LogP contribution in [0.5, 0.6) is 0 Å². The highest BCUT2D eigenvalue weighted by Crippen LogP contribution is 2.25. The quantitative estimate of drug-likeness (QED) is 0.835. The second kappa shape index (κ2) is 5.51. The van der Waals surface area contributed by atoms with Crippen molar-refractivity contribution in [2.75, 3.05) is 6.54 Å². The molecule has 0 unspecified atom stereocenters. The number of likely N-dealkylation sites (tertiary alicyclic amines) is 1. The third kappa shape index (κ3) is 3.00. The van der Waals surface area contributed by atoms with E-state index < -0.39 is 5.54 Å². The molecule has 4 nitrogen and oxygen atoms in total. The molecular formula is C15H20N2O2. The highest BCUT2D eigenvalue weighted by Gasteiger charge is 2.39. The number of carbonyl (C=O) groups excluding carboxylic acids is 2. The lowest BCUT2D eigenvalue weighted by Crippen LogP contribution is -2.56. The molecule has 0 bridgehead atoms. The number of aromatic nitrogens is 1. The van der Waals surface area contributed by atoms with E-state index >= 15 is 0 Å². The molecule has 0 aromatic carbocycles. The Bertz CT molecular complexity index is 468. The van der Waals surface area contributed by atoms with E-state index in [0.29, 0.717) is 25.8 Å². The first-order chi connectivity index (χ1) is 9.01. The van der Waals surface area contributed by atoms with Crippen LogP contribution in [-0.4, -0.2) is 33.7 Å². The molecule has 0 spiro atoms. The number of amides is 1. The van der Waals surface area contributed by atoms with Crippen molar-refractivity contribution >= 4 is 11.7 Å². The van der Waals surface area contributed by atoms with Gasteiger partial charge in [0, 0.05) is 31.8 Å². The summed E-state index contributed by atoms with van der Waals surface area (Å²) in [5.41, 5.74) is 0.404. The van der Waals surface area contributed by atoms with Crippen molar-refractivity contribution in [3.63, 3.8) is 0 Å². The van der Waals surface area contributed by atoms with Crippen molar-refractivity contribution in [2.45, 2.75) is 45.1 Å². The first-order valence-corrected chi connectivity index (χ1v) is 6.74. The van der Waals surface area contributed by atoms with Gasteiger partial charge < -0.3 is 4.90 Å². The van der Waals surface area contributed by atoms with E-state index in [1.165, 1.54) is 0 Å². The van der Waals surface area contributed by atoms with Crippen LogP contribution < -0.4 is 0 Å². The maximum Gasteiger partial charge on any atom is 0.223 e. The van der Waals surface area contributed by atoms with Crippen molar-refractivity contribution in [3.8, 4) is 0 Å². The van der Waals surface area contributed by atoms with Crippen LogP contribution in [0, 0.1) is 0 Å². The molecule has 0 saturated carbocycles. The summed E-state index contributed by atoms with van der Waals surface area (Å²) in [6.45, 7) is 4.37. The molecule has 0 N–H and O–H groups in total. The van der Waals surface area contributed by atoms with Crippen LogP contribution in [0.15, 0.2) is 24.5 Å². The van der Waals surface area contributed by atoms with Crippen molar-refractivity contribution < 1.29 is 9.59 Å². The molecule has 1 aliphatic heterocycles. The zero-order chi connectivity index (χ0) is 13.9. The number of rotatable bonds is 3. The summed E-state index contributed by atoms with van der Waals surface area (Å²) in [7, 11) is 0. The maximum absolute atomic E-state index is 12.3. The number of pyridine rings is 1. The Labute approximate surface area is 113 Å². The molecule has 102 valence electrons. The van der Waals surface area contributed by atoms with Gasteiger partial charge in [-0.15, -0.1) is 0 Å². The minimum absolute atomic E-state index is 0.0573. The molecule has 1 amide bonds. The summed E-state index contributed by atoms with van der Waals surface area (Å²) < 4.78 is 0. The van der Waals surface area contributed by atoms with E-state index in [2.05, 4.69) is 4.98 Å². The molecule has 0 radical (unpaired) electrons. The SMILES string of the molecule is CC1(C)C(=O)CCCN1C(=O)CCc1cccnc1. The fourth-order valence-corrected chi connectivity index (χ4v) is 2.50. The van der Waals surface area contributed by atoms with Gasteiger partial charge in [0.15, 0.2) is 5.78 Å². The minimum Gasteiger partial charge on any atom is -0.331 e. The lowest BCUT2D eigenvalue weighted by molar-refractivity contribution is -0.148. The number of nitrogens with zero attached hydrogens (tertiary/aromatic N) is 2. The van der Waals surface area contributed by atoms with Crippen LogP contribution in [0.3, 0.4) is 0 Å². The molecule has 1 aliphatic rings. The average molecular weight is 260 g/mol. The van der Waals surface area contributed by atoms with Crippen molar-refractivity contribution in [1.82, 2.24) is 9.88 Å². The predicted octanol–water partition coefficient (Wildman–Crippen LogP) is 1.98. The van der Waals surface area contributed by atoms with Gasteiger partial charge in [0.05, 0.1) is 5.54 Å². The molecule has 1 aromatic rings. The van der Waals surface area contributed by atoms with Gasteiger partial charge in [-0.25, -0.2) is 0 Å². The zero-order valence-corrected chi connectivity index (χ0v) is 11.6. The number of piperidine rings is 1. The van der Waals surface area contributed by atoms with Crippen LogP contribution in [0.1, 0.15) is 38.7 Å². The zero-order valence-electron chi connectivity index (χ0n) is 11.6. The highest BCUT2D eigenvalue weighted by molar-refractivity contribution is 5.93. The summed E-state index contributed by atoms with van der Waals surface area (Å²) in [5.74, 6) is 0.218. The number of hydrogen-bond acceptors (Lipinski definition) is 3. The van der Waals surface area contributed by atoms with E-state index in [9.17, 15) is 9.59 Å². The fraction of sp³-hybridized carbons (Fsp3) is 0.533. The van der Waals surface area contributed by atoms with Gasteiger partial charge in [0.25, 0.3) is 0 Å². The van der Waals surface area contributed by atoms with Crippen LogP contribution in [0.25, 0.3) is 0 Å². The first kappa shape index (κ1) is 13.7. The van der Waals surface area contributed by atoms with E-state index in [4.69, 9.17) is 0 Å². The smallest absolute Gasteiger partial charge is 0.223 e. The monoisotopic (exact) mass is 260 g/mol. The van der Waals surface area contributed by atoms with Gasteiger partial charge in [-0.05, 0) is 38.3 Å². The van der Waals surface area contributed by atoms with Crippen molar-refractivity contribution in [1.29, 1.82) is 0 Å². The van der Waals surface area contributed by atoms with Gasteiger partial charge in [0.1, 0.15) is 0 Å². The van der Waals surface area contributed by atoms with Gasteiger partial charge in [0.2, 0.25) is 5.91 Å². The summed E-state index contributed by atoms with van der Waals surface area (Å²) in [5, 5.41) is 0. The largest absolute Gasteiger partial charge is 0.331 e. The van der Waals surface area contributed by atoms with Gasteiger partial charge in [-0.2, -0.15) is 0 Å². The number of aryl methyl sites for hydroxylation is 1. The summed E-state index contributed by atoms with van der Waals surface area (Å²) in [6, 6.07) is 3.83. The standard InChI is InChI=1S/C15H20N2O2/c1-15(2)13(18)6-4-10-17(15)14(19)8-7-12-5-3-9-16-11-12/h3,5,9,11H,4,6-8,10H2,1-2H3. The van der Waals surface area contributed by atoms with Crippen LogP contribution in [0.2, 0.25) is 0 Å². The molecule has 2 heterocycles. The van der Waals surface area contributed by atoms with Crippen LogP contribution >= 0.6 is 0 Å². The molecule has 19 heavy (non-hydrogen) atoms. The van der Waals surface area contributed by atoms with Crippen molar-refractivity contribution in [2.24, 2.45) is 0 Å². The second-order valence-electron chi connectivity index (χ2n) is 5.49. The Morgan fingerprint density at radius 1 is 1.47 bits per heavy atom. The Morgan fingerprint density at radius 2 is 2.26 bits per heavy atom. The van der Waals surface area contributed by atoms with Crippen LogP contribution in [0.4, 0.5) is 0 Å². The van der Waals surface area contributed by atoms with E-state index in [1.54, 1.807) is 17.3 Å². The third-order valence-corrected chi connectivity index (χ3v) is 3.79. The molecule has 1 fully saturated rings. The third-order valence-electron chi connectivity index (χ3n) is 3.79. The number of Topliss-reactive ketones (excluding diaryl/α,β-unsaturated/α-hetero) is 1.